The smallest absolute Gasteiger partial charge is 0.331 e. The molecule has 1 aliphatic heterocycles. The van der Waals surface area contributed by atoms with Gasteiger partial charge in [-0.25, -0.2) is 4.79 Å². The lowest BCUT2D eigenvalue weighted by atomic mass is 10.2. The van der Waals surface area contributed by atoms with Gasteiger partial charge in [-0.3, -0.25) is 4.90 Å². The van der Waals surface area contributed by atoms with E-state index in [0.29, 0.717) is 31.3 Å². The molecule has 1 unspecified atom stereocenters. The molecule has 0 saturated carbocycles. The van der Waals surface area contributed by atoms with Crippen LogP contribution in [-0.4, -0.2) is 71.2 Å². The second-order valence-corrected chi connectivity index (χ2v) is 5.39. The lowest BCUT2D eigenvalue weighted by molar-refractivity contribution is -0.142. The van der Waals surface area contributed by atoms with Crippen molar-refractivity contribution in [3.63, 3.8) is 0 Å². The SMILES string of the molecule is COCC(C(=O)Oc1c(OC)cccc1OC)N1CCCOCC1. The molecule has 0 amide bonds. The van der Waals surface area contributed by atoms with Crippen molar-refractivity contribution >= 4 is 5.97 Å². The van der Waals surface area contributed by atoms with Gasteiger partial charge >= 0.3 is 5.97 Å². The number of nitrogens with zero attached hydrogens (tertiary/aromatic N) is 1. The number of carbonyl (C=O) groups is 1. The predicted molar refractivity (Wildman–Crippen MR) is 87.9 cm³/mol. The number of hydrogen-bond donors (Lipinski definition) is 0. The molecule has 1 aromatic carbocycles. The second kappa shape index (κ2) is 9.46. The van der Waals surface area contributed by atoms with Crippen molar-refractivity contribution in [2.24, 2.45) is 0 Å². The highest BCUT2D eigenvalue weighted by Crippen LogP contribution is 2.37. The summed E-state index contributed by atoms with van der Waals surface area (Å²) in [5, 5.41) is 0. The molecule has 7 nitrogen and oxygen atoms in total. The summed E-state index contributed by atoms with van der Waals surface area (Å²) in [4.78, 5) is 14.8. The van der Waals surface area contributed by atoms with Gasteiger partial charge in [-0.2, -0.15) is 0 Å². The Morgan fingerprint density at radius 1 is 1.17 bits per heavy atom. The molecule has 24 heavy (non-hydrogen) atoms. The van der Waals surface area contributed by atoms with E-state index in [9.17, 15) is 4.79 Å². The van der Waals surface area contributed by atoms with E-state index in [4.69, 9.17) is 23.7 Å². The van der Waals surface area contributed by atoms with Crippen molar-refractivity contribution < 1.29 is 28.5 Å². The summed E-state index contributed by atoms with van der Waals surface area (Å²) in [5.41, 5.74) is 0. The van der Waals surface area contributed by atoms with Crippen molar-refractivity contribution in [2.75, 3.05) is 54.2 Å². The van der Waals surface area contributed by atoms with Gasteiger partial charge in [0, 0.05) is 26.8 Å². The average molecular weight is 339 g/mol. The van der Waals surface area contributed by atoms with Crippen LogP contribution in [0.25, 0.3) is 0 Å². The summed E-state index contributed by atoms with van der Waals surface area (Å²) in [5.74, 6) is 0.761. The van der Waals surface area contributed by atoms with Gasteiger partial charge in [0.2, 0.25) is 5.75 Å². The van der Waals surface area contributed by atoms with Gasteiger partial charge in [-0.15, -0.1) is 0 Å². The first kappa shape index (κ1) is 18.5. The van der Waals surface area contributed by atoms with E-state index >= 15 is 0 Å². The van der Waals surface area contributed by atoms with Crippen LogP contribution in [0.1, 0.15) is 6.42 Å². The number of methoxy groups -OCH3 is 3. The van der Waals surface area contributed by atoms with Crippen molar-refractivity contribution in [1.29, 1.82) is 0 Å². The number of carbonyl (C=O) groups excluding carboxylic acids is 1. The Bertz CT molecular complexity index is 506. The van der Waals surface area contributed by atoms with Gasteiger partial charge in [0.25, 0.3) is 0 Å². The number of ether oxygens (including phenoxy) is 5. The largest absolute Gasteiger partial charge is 0.493 e. The van der Waals surface area contributed by atoms with E-state index in [1.165, 1.54) is 14.2 Å². The van der Waals surface area contributed by atoms with Gasteiger partial charge in [-0.05, 0) is 18.6 Å². The van der Waals surface area contributed by atoms with Crippen LogP contribution in [0.2, 0.25) is 0 Å². The molecule has 134 valence electrons. The second-order valence-electron chi connectivity index (χ2n) is 5.39. The standard InChI is InChI=1S/C17H25NO6/c1-20-12-13(18-8-5-10-23-11-9-18)17(19)24-16-14(21-2)6-4-7-15(16)22-3/h4,6-7,13H,5,8-12H2,1-3H3. The summed E-state index contributed by atoms with van der Waals surface area (Å²) >= 11 is 0. The van der Waals surface area contributed by atoms with E-state index in [2.05, 4.69) is 0 Å². The fourth-order valence-electron chi connectivity index (χ4n) is 2.64. The minimum absolute atomic E-state index is 0.246. The molecule has 1 saturated heterocycles. The molecule has 0 aliphatic carbocycles. The number of benzene rings is 1. The number of hydrogen-bond acceptors (Lipinski definition) is 7. The Kier molecular flexibility index (Phi) is 7.30. The van der Waals surface area contributed by atoms with E-state index in [-0.39, 0.29) is 12.4 Å². The maximum Gasteiger partial charge on any atom is 0.331 e. The quantitative estimate of drug-likeness (QED) is 0.549. The molecule has 0 aromatic heterocycles. The van der Waals surface area contributed by atoms with Crippen LogP contribution in [0.4, 0.5) is 0 Å². The lowest BCUT2D eigenvalue weighted by Crippen LogP contribution is -2.47. The molecule has 1 aromatic rings. The molecular formula is C17H25NO6. The summed E-state index contributed by atoms with van der Waals surface area (Å²) in [6.45, 7) is 2.95. The van der Waals surface area contributed by atoms with Crippen LogP contribution in [0.15, 0.2) is 18.2 Å². The van der Waals surface area contributed by atoms with Crippen LogP contribution < -0.4 is 14.2 Å². The monoisotopic (exact) mass is 339 g/mol. The summed E-state index contributed by atoms with van der Waals surface area (Å²) in [6.07, 6.45) is 0.867. The zero-order valence-electron chi connectivity index (χ0n) is 14.4. The summed E-state index contributed by atoms with van der Waals surface area (Å²) in [7, 11) is 4.61. The van der Waals surface area contributed by atoms with Crippen LogP contribution in [0.5, 0.6) is 17.2 Å². The van der Waals surface area contributed by atoms with Gasteiger partial charge in [0.15, 0.2) is 11.5 Å². The highest BCUT2D eigenvalue weighted by Gasteiger charge is 2.30. The summed E-state index contributed by atoms with van der Waals surface area (Å²) in [6, 6.07) is 4.70. The third kappa shape index (κ3) is 4.59. The molecular weight excluding hydrogens is 314 g/mol. The van der Waals surface area contributed by atoms with Crippen molar-refractivity contribution in [3.8, 4) is 17.2 Å². The normalized spacial score (nSPS) is 17.0. The zero-order valence-corrected chi connectivity index (χ0v) is 14.4. The minimum atomic E-state index is -0.508. The fraction of sp³-hybridized carbons (Fsp3) is 0.588. The molecule has 0 radical (unpaired) electrons. The molecule has 0 N–H and O–H groups in total. The van der Waals surface area contributed by atoms with Crippen molar-refractivity contribution in [1.82, 2.24) is 4.90 Å². The lowest BCUT2D eigenvalue weighted by Gasteiger charge is -2.28. The van der Waals surface area contributed by atoms with Crippen LogP contribution >= 0.6 is 0 Å². The zero-order chi connectivity index (χ0) is 17.4. The highest BCUT2D eigenvalue weighted by atomic mass is 16.6. The third-order valence-electron chi connectivity index (χ3n) is 3.88. The maximum absolute atomic E-state index is 12.8. The van der Waals surface area contributed by atoms with Crippen LogP contribution in [-0.2, 0) is 14.3 Å². The van der Waals surface area contributed by atoms with Gasteiger partial charge in [0.05, 0.1) is 27.4 Å². The molecule has 1 fully saturated rings. The Labute approximate surface area is 142 Å². The topological polar surface area (TPSA) is 66.5 Å². The van der Waals surface area contributed by atoms with Gasteiger partial charge < -0.3 is 23.7 Å². The van der Waals surface area contributed by atoms with E-state index in [1.54, 1.807) is 25.3 Å². The maximum atomic E-state index is 12.8. The van der Waals surface area contributed by atoms with E-state index in [0.717, 1.165) is 13.0 Å². The van der Waals surface area contributed by atoms with E-state index < -0.39 is 12.0 Å². The Balaban J connectivity index is 2.18. The molecule has 1 aliphatic rings. The third-order valence-corrected chi connectivity index (χ3v) is 3.88. The first-order valence-corrected chi connectivity index (χ1v) is 7.94. The highest BCUT2D eigenvalue weighted by molar-refractivity contribution is 5.80. The van der Waals surface area contributed by atoms with Crippen molar-refractivity contribution in [2.45, 2.75) is 12.5 Å². The van der Waals surface area contributed by atoms with Gasteiger partial charge in [0.1, 0.15) is 6.04 Å². The fourth-order valence-corrected chi connectivity index (χ4v) is 2.64. The molecule has 7 heteroatoms. The number of esters is 1. The molecule has 1 heterocycles. The number of para-hydroxylation sites is 1. The predicted octanol–water partition coefficient (Wildman–Crippen LogP) is 1.35. The average Bonchev–Trinajstić information content (AvgIpc) is 2.88. The van der Waals surface area contributed by atoms with Gasteiger partial charge in [-0.1, -0.05) is 6.07 Å². The number of rotatable bonds is 7. The van der Waals surface area contributed by atoms with E-state index in [1.807, 2.05) is 4.90 Å². The Morgan fingerprint density at radius 2 is 1.88 bits per heavy atom. The molecule has 1 atom stereocenters. The van der Waals surface area contributed by atoms with Crippen LogP contribution in [0, 0.1) is 0 Å². The Hall–Kier alpha value is -1.83. The summed E-state index contributed by atoms with van der Waals surface area (Å²) < 4.78 is 26.8. The first-order chi connectivity index (χ1) is 11.7. The molecule has 2 rings (SSSR count). The van der Waals surface area contributed by atoms with Crippen LogP contribution in [0.3, 0.4) is 0 Å². The Morgan fingerprint density at radius 3 is 2.50 bits per heavy atom. The molecule has 0 spiro atoms. The molecule has 0 bridgehead atoms. The first-order valence-electron chi connectivity index (χ1n) is 7.94. The minimum Gasteiger partial charge on any atom is -0.493 e. The van der Waals surface area contributed by atoms with Crippen molar-refractivity contribution in [3.05, 3.63) is 18.2 Å².